The first-order valence-electron chi connectivity index (χ1n) is 7.95. The highest BCUT2D eigenvalue weighted by atomic mass is 16.4. The first-order chi connectivity index (χ1) is 11.7. The van der Waals surface area contributed by atoms with E-state index in [0.29, 0.717) is 0 Å². The average molecular weight is 314 g/mol. The van der Waals surface area contributed by atoms with Crippen LogP contribution in [-0.4, -0.2) is 17.2 Å². The zero-order chi connectivity index (χ0) is 16.9. The van der Waals surface area contributed by atoms with Crippen molar-refractivity contribution < 1.29 is 10.0 Å². The number of rotatable bonds is 4. The Hall–Kier alpha value is -2.62. The van der Waals surface area contributed by atoms with Crippen molar-refractivity contribution in [1.82, 2.24) is 0 Å². The van der Waals surface area contributed by atoms with E-state index in [1.807, 2.05) is 60.7 Å². The summed E-state index contributed by atoms with van der Waals surface area (Å²) in [5, 5.41) is 20.9. The zero-order valence-corrected chi connectivity index (χ0v) is 13.4. The summed E-state index contributed by atoms with van der Waals surface area (Å²) >= 11 is 0. The number of hydrogen-bond donors (Lipinski definition) is 2. The summed E-state index contributed by atoms with van der Waals surface area (Å²) in [6.07, 6.45) is 0.186. The minimum absolute atomic E-state index is 0.186. The Kier molecular flexibility index (Phi) is 4.95. The van der Waals surface area contributed by atoms with E-state index in [-0.39, 0.29) is 6.32 Å². The molecule has 0 heterocycles. The van der Waals surface area contributed by atoms with Gasteiger partial charge < -0.3 is 10.0 Å². The van der Waals surface area contributed by atoms with Gasteiger partial charge in [0.15, 0.2) is 0 Å². The van der Waals surface area contributed by atoms with Crippen molar-refractivity contribution in [3.05, 3.63) is 106 Å². The molecule has 2 N–H and O–H groups in total. The summed E-state index contributed by atoms with van der Waals surface area (Å²) in [5.74, 6) is 0. The van der Waals surface area contributed by atoms with Crippen LogP contribution in [0.5, 0.6) is 0 Å². The molecule has 0 spiro atoms. The summed E-state index contributed by atoms with van der Waals surface area (Å²) < 4.78 is 0. The fourth-order valence-electron chi connectivity index (χ4n) is 2.96. The maximum atomic E-state index is 9.44. The maximum absolute atomic E-state index is 9.44. The highest BCUT2D eigenvalue weighted by Crippen LogP contribution is 2.24. The molecule has 0 atom stereocenters. The Bertz CT molecular complexity index is 933. The van der Waals surface area contributed by atoms with Crippen LogP contribution in [0, 0.1) is 0 Å². The number of benzene rings is 3. The van der Waals surface area contributed by atoms with Gasteiger partial charge in [0.2, 0.25) is 0 Å². The van der Waals surface area contributed by atoms with E-state index in [1.54, 1.807) is 0 Å². The van der Waals surface area contributed by atoms with E-state index < -0.39 is 7.12 Å². The van der Waals surface area contributed by atoms with Crippen LogP contribution in [0.1, 0.15) is 16.7 Å². The molecular weight excluding hydrogens is 295 g/mol. The third-order valence-corrected chi connectivity index (χ3v) is 4.04. The molecule has 0 aliphatic rings. The predicted molar refractivity (Wildman–Crippen MR) is 99.6 cm³/mol. The van der Waals surface area contributed by atoms with Crippen LogP contribution >= 0.6 is 0 Å². The van der Waals surface area contributed by atoms with Crippen LogP contribution < -0.4 is 10.4 Å². The fraction of sp³-hybridized carbons (Fsp3) is 0.0476. The van der Waals surface area contributed by atoms with E-state index in [2.05, 4.69) is 24.8 Å². The van der Waals surface area contributed by atoms with Crippen LogP contribution in [0.3, 0.4) is 0 Å². The summed E-state index contributed by atoms with van der Waals surface area (Å²) in [7, 11) is -1.38. The van der Waals surface area contributed by atoms with Gasteiger partial charge in [0.1, 0.15) is 0 Å². The molecule has 0 amide bonds. The second-order valence-corrected chi connectivity index (χ2v) is 5.74. The normalized spacial score (nSPS) is 11.9. The van der Waals surface area contributed by atoms with Gasteiger partial charge in [-0.1, -0.05) is 85.4 Å². The van der Waals surface area contributed by atoms with Crippen molar-refractivity contribution in [2.24, 2.45) is 0 Å². The first kappa shape index (κ1) is 16.3. The molecule has 24 heavy (non-hydrogen) atoms. The summed E-state index contributed by atoms with van der Waals surface area (Å²) in [6.45, 7) is 4.16. The lowest BCUT2D eigenvalue weighted by molar-refractivity contribution is 0.405. The second-order valence-electron chi connectivity index (χ2n) is 5.74. The Morgan fingerprint density at radius 2 is 1.42 bits per heavy atom. The molecular formula is C21H19BO2. The van der Waals surface area contributed by atoms with Crippen molar-refractivity contribution in [1.29, 1.82) is 0 Å². The fourth-order valence-corrected chi connectivity index (χ4v) is 2.96. The molecule has 2 nitrogen and oxygen atoms in total. The predicted octanol–water partition coefficient (Wildman–Crippen LogP) is 1.90. The molecule has 3 rings (SSSR count). The molecule has 3 heteroatoms. The van der Waals surface area contributed by atoms with Crippen LogP contribution in [-0.2, 0) is 6.32 Å². The lowest BCUT2D eigenvalue weighted by atomic mass is 9.78. The lowest BCUT2D eigenvalue weighted by Crippen LogP contribution is -2.26. The quantitative estimate of drug-likeness (QED) is 0.722. The van der Waals surface area contributed by atoms with Crippen molar-refractivity contribution in [2.75, 3.05) is 0 Å². The third-order valence-electron chi connectivity index (χ3n) is 4.04. The molecule has 0 aromatic heterocycles. The highest BCUT2D eigenvalue weighted by molar-refractivity contribution is 6.40. The largest absolute Gasteiger partial charge is 0.456 e. The summed E-state index contributed by atoms with van der Waals surface area (Å²) in [6, 6.07) is 26.0. The van der Waals surface area contributed by atoms with Gasteiger partial charge in [0.25, 0.3) is 0 Å². The zero-order valence-electron chi connectivity index (χ0n) is 13.4. The molecule has 118 valence electrons. The van der Waals surface area contributed by atoms with E-state index in [1.165, 1.54) is 0 Å². The minimum atomic E-state index is -1.38. The molecule has 0 unspecified atom stereocenters. The van der Waals surface area contributed by atoms with Gasteiger partial charge in [-0.2, -0.15) is 0 Å². The highest BCUT2D eigenvalue weighted by Gasteiger charge is 2.15. The van der Waals surface area contributed by atoms with E-state index >= 15 is 0 Å². The van der Waals surface area contributed by atoms with E-state index in [4.69, 9.17) is 0 Å². The molecule has 0 fully saturated rings. The summed E-state index contributed by atoms with van der Waals surface area (Å²) in [4.78, 5) is 0. The molecule has 0 saturated heterocycles. The van der Waals surface area contributed by atoms with Crippen molar-refractivity contribution in [3.8, 4) is 0 Å². The van der Waals surface area contributed by atoms with Gasteiger partial charge in [-0.15, -0.1) is 0 Å². The smallest absolute Gasteiger partial charge is 0.427 e. The van der Waals surface area contributed by atoms with Crippen LogP contribution in [0.25, 0.3) is 12.2 Å². The topological polar surface area (TPSA) is 40.5 Å². The van der Waals surface area contributed by atoms with Gasteiger partial charge >= 0.3 is 7.12 Å². The van der Waals surface area contributed by atoms with E-state index in [0.717, 1.165) is 32.7 Å². The minimum Gasteiger partial charge on any atom is -0.427 e. The maximum Gasteiger partial charge on any atom is 0.456 e. The van der Waals surface area contributed by atoms with Crippen LogP contribution in [0.15, 0.2) is 78.9 Å². The first-order valence-corrected chi connectivity index (χ1v) is 7.95. The second kappa shape index (κ2) is 7.30. The lowest BCUT2D eigenvalue weighted by Gasteiger charge is -2.14. The van der Waals surface area contributed by atoms with Gasteiger partial charge in [-0.3, -0.25) is 0 Å². The summed E-state index contributed by atoms with van der Waals surface area (Å²) in [5.41, 5.74) is 4.02. The standard InChI is InChI=1S/C21H19BO2/c1-16-9-5-7-13-19(16)21(17-10-3-2-4-11-17)20-14-8-6-12-18(20)15-22(23)24/h2-14,23-24H,1,15H2/b21-19-. The average Bonchev–Trinajstić information content (AvgIpc) is 2.59. The Labute approximate surface area is 142 Å². The van der Waals surface area contributed by atoms with Crippen molar-refractivity contribution in [3.63, 3.8) is 0 Å². The molecule has 0 aliphatic heterocycles. The van der Waals surface area contributed by atoms with Crippen molar-refractivity contribution >= 4 is 19.3 Å². The molecule has 0 saturated carbocycles. The van der Waals surface area contributed by atoms with Gasteiger partial charge in [0.05, 0.1) is 0 Å². The molecule has 3 aromatic carbocycles. The van der Waals surface area contributed by atoms with Gasteiger partial charge in [-0.05, 0) is 32.7 Å². The monoisotopic (exact) mass is 314 g/mol. The molecule has 3 aromatic rings. The Morgan fingerprint density at radius 1 is 0.792 bits per heavy atom. The molecule has 0 bridgehead atoms. The SMILES string of the molecule is C=c1cccc/c1=C(\c1ccccc1)c1ccccc1CB(O)O. The molecule has 0 aliphatic carbocycles. The van der Waals surface area contributed by atoms with Crippen molar-refractivity contribution in [2.45, 2.75) is 6.32 Å². The van der Waals surface area contributed by atoms with E-state index in [9.17, 15) is 10.0 Å². The Morgan fingerprint density at radius 3 is 2.12 bits per heavy atom. The Balaban J connectivity index is 2.36. The van der Waals surface area contributed by atoms with Gasteiger partial charge in [0, 0.05) is 6.32 Å². The van der Waals surface area contributed by atoms with Crippen LogP contribution in [0.2, 0.25) is 0 Å². The van der Waals surface area contributed by atoms with Crippen LogP contribution in [0.4, 0.5) is 0 Å². The molecule has 0 radical (unpaired) electrons. The number of hydrogen-bond acceptors (Lipinski definition) is 2. The third kappa shape index (κ3) is 3.48. The van der Waals surface area contributed by atoms with Gasteiger partial charge in [-0.25, -0.2) is 0 Å².